The predicted molar refractivity (Wildman–Crippen MR) is 70.7 cm³/mol. The Labute approximate surface area is 114 Å². The fourth-order valence-electron chi connectivity index (χ4n) is 2.27. The summed E-state index contributed by atoms with van der Waals surface area (Å²) in [4.78, 5) is 16.5. The number of carbonyl (C=O) groups is 1. The summed E-state index contributed by atoms with van der Waals surface area (Å²) in [6.07, 6.45) is 0.693. The predicted octanol–water partition coefficient (Wildman–Crippen LogP) is 2.33. The maximum absolute atomic E-state index is 12.1. The van der Waals surface area contributed by atoms with Crippen LogP contribution in [0.25, 0.3) is 10.4 Å². The standard InChI is InChI=1S/C12H13N5O3/c13-16-15-9-3-4-17(6-9)12(18)14-8-1-2-10-11(5-8)20-7-19-10/h1-2,5,9H,3-4,6-7H2,(H,14,18). The van der Waals surface area contributed by atoms with Crippen molar-refractivity contribution in [3.63, 3.8) is 0 Å². The van der Waals surface area contributed by atoms with Crippen LogP contribution in [0.2, 0.25) is 0 Å². The van der Waals surface area contributed by atoms with Crippen molar-refractivity contribution in [2.45, 2.75) is 12.5 Å². The zero-order valence-corrected chi connectivity index (χ0v) is 10.7. The first kappa shape index (κ1) is 12.4. The number of urea groups is 1. The van der Waals surface area contributed by atoms with Gasteiger partial charge in [-0.3, -0.25) is 0 Å². The first-order chi connectivity index (χ1) is 9.76. The van der Waals surface area contributed by atoms with Gasteiger partial charge in [0.15, 0.2) is 11.5 Å². The van der Waals surface area contributed by atoms with Crippen LogP contribution in [-0.2, 0) is 0 Å². The molecule has 1 N–H and O–H groups in total. The molecular formula is C12H13N5O3. The van der Waals surface area contributed by atoms with Gasteiger partial charge in [-0.1, -0.05) is 5.11 Å². The van der Waals surface area contributed by atoms with Crippen molar-refractivity contribution < 1.29 is 14.3 Å². The van der Waals surface area contributed by atoms with Crippen molar-refractivity contribution in [1.82, 2.24) is 4.90 Å². The Balaban J connectivity index is 1.63. The Hall–Kier alpha value is -2.60. The topological polar surface area (TPSA) is 99.6 Å². The molecule has 1 saturated heterocycles. The summed E-state index contributed by atoms with van der Waals surface area (Å²) >= 11 is 0. The Morgan fingerprint density at radius 2 is 2.30 bits per heavy atom. The number of ether oxygens (including phenoxy) is 2. The maximum atomic E-state index is 12.1. The molecule has 0 bridgehead atoms. The second-order valence-electron chi connectivity index (χ2n) is 4.59. The van der Waals surface area contributed by atoms with E-state index in [-0.39, 0.29) is 18.9 Å². The second kappa shape index (κ2) is 5.18. The molecule has 2 heterocycles. The summed E-state index contributed by atoms with van der Waals surface area (Å²) in [6.45, 7) is 1.23. The third-order valence-corrected chi connectivity index (χ3v) is 3.29. The average molecular weight is 275 g/mol. The Bertz CT molecular complexity index is 584. The lowest BCUT2D eigenvalue weighted by Crippen LogP contribution is -2.33. The van der Waals surface area contributed by atoms with E-state index in [1.165, 1.54) is 0 Å². The second-order valence-corrected chi connectivity index (χ2v) is 4.59. The average Bonchev–Trinajstić information content (AvgIpc) is 3.07. The SMILES string of the molecule is [N-]=[N+]=NC1CCN(C(=O)Nc2ccc3c(c2)OCO3)C1. The zero-order valence-electron chi connectivity index (χ0n) is 10.7. The van der Waals surface area contributed by atoms with Crippen molar-refractivity contribution in [3.05, 3.63) is 28.6 Å². The smallest absolute Gasteiger partial charge is 0.321 e. The zero-order chi connectivity index (χ0) is 13.9. The molecule has 0 radical (unpaired) electrons. The molecule has 1 aromatic carbocycles. The number of hydrogen-bond donors (Lipinski definition) is 1. The minimum atomic E-state index is -0.209. The van der Waals surface area contributed by atoms with Gasteiger partial charge >= 0.3 is 6.03 Å². The summed E-state index contributed by atoms with van der Waals surface area (Å²) in [5.41, 5.74) is 9.03. The van der Waals surface area contributed by atoms with E-state index in [2.05, 4.69) is 15.3 Å². The fourth-order valence-corrected chi connectivity index (χ4v) is 2.27. The van der Waals surface area contributed by atoms with Gasteiger partial charge < -0.3 is 19.7 Å². The highest BCUT2D eigenvalue weighted by atomic mass is 16.7. The van der Waals surface area contributed by atoms with E-state index in [1.807, 2.05) is 0 Å². The fraction of sp³-hybridized carbons (Fsp3) is 0.417. The molecule has 1 aromatic rings. The number of azide groups is 1. The van der Waals surface area contributed by atoms with E-state index in [1.54, 1.807) is 23.1 Å². The van der Waals surface area contributed by atoms with E-state index >= 15 is 0 Å². The Kier molecular flexibility index (Phi) is 3.22. The third-order valence-electron chi connectivity index (χ3n) is 3.29. The normalized spacial score (nSPS) is 19.6. The van der Waals surface area contributed by atoms with E-state index in [4.69, 9.17) is 15.0 Å². The van der Waals surface area contributed by atoms with Crippen molar-refractivity contribution >= 4 is 11.7 Å². The molecule has 0 spiro atoms. The van der Waals surface area contributed by atoms with Crippen LogP contribution < -0.4 is 14.8 Å². The molecule has 8 nitrogen and oxygen atoms in total. The lowest BCUT2D eigenvalue weighted by Gasteiger charge is -2.16. The van der Waals surface area contributed by atoms with E-state index < -0.39 is 0 Å². The minimum absolute atomic E-state index is 0.137. The van der Waals surface area contributed by atoms with Crippen LogP contribution in [0.4, 0.5) is 10.5 Å². The highest BCUT2D eigenvalue weighted by molar-refractivity contribution is 5.90. The van der Waals surface area contributed by atoms with E-state index in [0.717, 1.165) is 0 Å². The van der Waals surface area contributed by atoms with Gasteiger partial charge in [0, 0.05) is 29.8 Å². The van der Waals surface area contributed by atoms with Crippen LogP contribution in [0.1, 0.15) is 6.42 Å². The molecule has 2 aliphatic rings. The Morgan fingerprint density at radius 3 is 3.15 bits per heavy atom. The van der Waals surface area contributed by atoms with Gasteiger partial charge in [-0.15, -0.1) is 0 Å². The lowest BCUT2D eigenvalue weighted by atomic mass is 10.3. The minimum Gasteiger partial charge on any atom is -0.454 e. The molecule has 104 valence electrons. The van der Waals surface area contributed by atoms with E-state index in [9.17, 15) is 4.79 Å². The van der Waals surface area contributed by atoms with Gasteiger partial charge in [-0.25, -0.2) is 4.79 Å². The summed E-state index contributed by atoms with van der Waals surface area (Å²) in [6, 6.07) is 4.89. The number of fused-ring (bicyclic) bond motifs is 1. The molecule has 2 aliphatic heterocycles. The summed E-state index contributed by atoms with van der Waals surface area (Å²) in [7, 11) is 0. The van der Waals surface area contributed by atoms with Crippen LogP contribution in [0.3, 0.4) is 0 Å². The van der Waals surface area contributed by atoms with Crippen LogP contribution in [0.5, 0.6) is 11.5 Å². The van der Waals surface area contributed by atoms with Crippen LogP contribution in [0, 0.1) is 0 Å². The molecule has 0 aliphatic carbocycles. The summed E-state index contributed by atoms with van der Waals surface area (Å²) in [5.74, 6) is 1.30. The van der Waals surface area contributed by atoms with Crippen molar-refractivity contribution in [1.29, 1.82) is 0 Å². The molecule has 2 amide bonds. The molecule has 20 heavy (non-hydrogen) atoms. The maximum Gasteiger partial charge on any atom is 0.321 e. The van der Waals surface area contributed by atoms with Crippen molar-refractivity contribution in [3.8, 4) is 11.5 Å². The number of likely N-dealkylation sites (tertiary alicyclic amines) is 1. The van der Waals surface area contributed by atoms with Crippen molar-refractivity contribution in [2.24, 2.45) is 5.11 Å². The first-order valence-corrected chi connectivity index (χ1v) is 6.26. The first-order valence-electron chi connectivity index (χ1n) is 6.26. The van der Waals surface area contributed by atoms with Crippen LogP contribution in [0.15, 0.2) is 23.3 Å². The number of benzene rings is 1. The molecule has 8 heteroatoms. The lowest BCUT2D eigenvalue weighted by molar-refractivity contribution is 0.174. The molecule has 1 unspecified atom stereocenters. The molecule has 3 rings (SSSR count). The molecule has 0 saturated carbocycles. The number of anilines is 1. The van der Waals surface area contributed by atoms with Crippen molar-refractivity contribution in [2.75, 3.05) is 25.2 Å². The number of amides is 2. The number of rotatable bonds is 2. The van der Waals surface area contributed by atoms with Gasteiger partial charge in [0.2, 0.25) is 6.79 Å². The van der Waals surface area contributed by atoms with Gasteiger partial charge in [0.1, 0.15) is 0 Å². The summed E-state index contributed by atoms with van der Waals surface area (Å²) in [5, 5.41) is 6.43. The molecular weight excluding hydrogens is 262 g/mol. The number of carbonyl (C=O) groups excluding carboxylic acids is 1. The van der Waals surface area contributed by atoms with Gasteiger partial charge in [-0.2, -0.15) is 0 Å². The van der Waals surface area contributed by atoms with E-state index in [0.29, 0.717) is 36.7 Å². The summed E-state index contributed by atoms with van der Waals surface area (Å²) < 4.78 is 10.5. The number of nitrogens with zero attached hydrogens (tertiary/aromatic N) is 4. The number of nitrogens with one attached hydrogen (secondary N) is 1. The molecule has 0 aromatic heterocycles. The quantitative estimate of drug-likeness (QED) is 0.509. The largest absolute Gasteiger partial charge is 0.454 e. The van der Waals surface area contributed by atoms with Crippen LogP contribution >= 0.6 is 0 Å². The van der Waals surface area contributed by atoms with Gasteiger partial charge in [0.05, 0.1) is 6.04 Å². The van der Waals surface area contributed by atoms with Gasteiger partial charge in [-0.05, 0) is 24.1 Å². The molecule has 1 fully saturated rings. The Morgan fingerprint density at radius 1 is 1.45 bits per heavy atom. The monoisotopic (exact) mass is 275 g/mol. The highest BCUT2D eigenvalue weighted by Crippen LogP contribution is 2.34. The van der Waals surface area contributed by atoms with Crippen LogP contribution in [-0.4, -0.2) is 36.9 Å². The molecule has 1 atom stereocenters. The number of hydrogen-bond acceptors (Lipinski definition) is 4. The van der Waals surface area contributed by atoms with Gasteiger partial charge in [0.25, 0.3) is 0 Å². The highest BCUT2D eigenvalue weighted by Gasteiger charge is 2.25. The third kappa shape index (κ3) is 2.41.